The van der Waals surface area contributed by atoms with Gasteiger partial charge < -0.3 is 35.0 Å². The fourth-order valence-corrected chi connectivity index (χ4v) is 2.92. The zero-order valence-electron chi connectivity index (χ0n) is 15.3. The smallest absolute Gasteiger partial charge is 0.229 e. The highest BCUT2D eigenvalue weighted by Gasteiger charge is 2.44. The third kappa shape index (κ3) is 4.81. The highest BCUT2D eigenvalue weighted by molar-refractivity contribution is 6.08. The number of allylic oxidation sites excluding steroid dienone is 1. The lowest BCUT2D eigenvalue weighted by molar-refractivity contribution is -0.277. The van der Waals surface area contributed by atoms with E-state index in [4.69, 9.17) is 9.47 Å². The lowest BCUT2D eigenvalue weighted by Gasteiger charge is -2.39. The van der Waals surface area contributed by atoms with Crippen LogP contribution in [0, 0.1) is 0 Å². The van der Waals surface area contributed by atoms with Crippen LogP contribution in [0.3, 0.4) is 0 Å². The highest BCUT2D eigenvalue weighted by Crippen LogP contribution is 2.28. The van der Waals surface area contributed by atoms with Crippen molar-refractivity contribution in [2.75, 3.05) is 6.61 Å². The van der Waals surface area contributed by atoms with Crippen LogP contribution in [-0.4, -0.2) is 68.6 Å². The fourth-order valence-electron chi connectivity index (χ4n) is 2.92. The van der Waals surface area contributed by atoms with Crippen LogP contribution in [0.4, 0.5) is 0 Å². The number of benzene rings is 2. The number of hydrogen-bond donors (Lipinski definition) is 5. The third-order valence-corrected chi connectivity index (χ3v) is 4.56. The number of ether oxygens (including phenoxy) is 2. The Labute approximate surface area is 166 Å². The molecule has 154 valence electrons. The molecule has 0 aromatic heterocycles. The molecule has 0 amide bonds. The van der Waals surface area contributed by atoms with E-state index in [2.05, 4.69) is 0 Å². The molecule has 0 radical (unpaired) electrons. The maximum absolute atomic E-state index is 12.3. The Bertz CT molecular complexity index is 864. The van der Waals surface area contributed by atoms with Crippen molar-refractivity contribution >= 4 is 11.9 Å². The van der Waals surface area contributed by atoms with E-state index in [1.807, 2.05) is 30.3 Å². The number of aromatic hydroxyl groups is 1. The Morgan fingerprint density at radius 2 is 1.76 bits per heavy atom. The van der Waals surface area contributed by atoms with Gasteiger partial charge in [-0.1, -0.05) is 36.4 Å². The zero-order valence-corrected chi connectivity index (χ0v) is 15.3. The number of carbonyl (C=O) groups is 1. The van der Waals surface area contributed by atoms with Gasteiger partial charge in [0.15, 0.2) is 5.78 Å². The Morgan fingerprint density at radius 3 is 2.41 bits per heavy atom. The van der Waals surface area contributed by atoms with Gasteiger partial charge in [0.1, 0.15) is 35.9 Å². The van der Waals surface area contributed by atoms with Gasteiger partial charge in [-0.25, -0.2) is 0 Å². The second-order valence-corrected chi connectivity index (χ2v) is 6.60. The molecule has 2 aromatic rings. The first-order valence-corrected chi connectivity index (χ1v) is 8.98. The van der Waals surface area contributed by atoms with Crippen LogP contribution in [-0.2, 0) is 4.74 Å². The van der Waals surface area contributed by atoms with Crippen molar-refractivity contribution in [1.29, 1.82) is 0 Å². The lowest BCUT2D eigenvalue weighted by atomic mass is 9.99. The molecule has 1 heterocycles. The number of phenolic OH excluding ortho intramolecular Hbond substituents is 1. The predicted molar refractivity (Wildman–Crippen MR) is 102 cm³/mol. The van der Waals surface area contributed by atoms with Gasteiger partial charge in [0.2, 0.25) is 6.29 Å². The van der Waals surface area contributed by atoms with Gasteiger partial charge in [0.05, 0.1) is 12.2 Å². The third-order valence-electron chi connectivity index (χ3n) is 4.56. The average molecular weight is 402 g/mol. The molecule has 29 heavy (non-hydrogen) atoms. The molecular formula is C21H22O8. The molecule has 2 aromatic carbocycles. The molecule has 8 heteroatoms. The van der Waals surface area contributed by atoms with Crippen molar-refractivity contribution in [2.24, 2.45) is 0 Å². The number of phenols is 1. The molecule has 0 bridgehead atoms. The maximum Gasteiger partial charge on any atom is 0.229 e. The van der Waals surface area contributed by atoms with Crippen LogP contribution in [0.25, 0.3) is 6.08 Å². The number of aliphatic hydroxyl groups is 4. The molecule has 0 aliphatic carbocycles. The second-order valence-electron chi connectivity index (χ2n) is 6.60. The molecule has 3 rings (SSSR count). The summed E-state index contributed by atoms with van der Waals surface area (Å²) in [6, 6.07) is 13.1. The van der Waals surface area contributed by atoms with Crippen LogP contribution in [0.15, 0.2) is 54.6 Å². The highest BCUT2D eigenvalue weighted by atomic mass is 16.7. The van der Waals surface area contributed by atoms with Crippen molar-refractivity contribution < 1.29 is 39.8 Å². The molecule has 5 atom stereocenters. The first-order valence-electron chi connectivity index (χ1n) is 8.98. The van der Waals surface area contributed by atoms with Crippen molar-refractivity contribution in [3.8, 4) is 11.5 Å². The Balaban J connectivity index is 1.71. The van der Waals surface area contributed by atoms with E-state index in [9.17, 15) is 30.3 Å². The minimum absolute atomic E-state index is 0.0540. The number of hydrogen-bond acceptors (Lipinski definition) is 8. The van der Waals surface area contributed by atoms with Crippen molar-refractivity contribution in [1.82, 2.24) is 0 Å². The number of carbonyl (C=O) groups excluding carboxylic acids is 1. The Kier molecular flexibility index (Phi) is 6.63. The van der Waals surface area contributed by atoms with Gasteiger partial charge in [0.25, 0.3) is 0 Å². The van der Waals surface area contributed by atoms with E-state index < -0.39 is 43.1 Å². The van der Waals surface area contributed by atoms with Gasteiger partial charge in [0, 0.05) is 6.07 Å². The minimum Gasteiger partial charge on any atom is -0.507 e. The summed E-state index contributed by atoms with van der Waals surface area (Å²) < 4.78 is 10.7. The molecule has 1 saturated heterocycles. The Hall–Kier alpha value is -2.75. The minimum atomic E-state index is -1.58. The first kappa shape index (κ1) is 21.0. The SMILES string of the molecule is O=C(C=Cc1ccccc1)c1ccc(OC2O[C@H](CO)[C@@H](O)[C@H](O)[C@H]2O)cc1O. The first-order chi connectivity index (χ1) is 13.9. The molecule has 0 saturated carbocycles. The molecule has 1 fully saturated rings. The normalized spacial score (nSPS) is 27.1. The standard InChI is InChI=1S/C21H22O8/c22-11-17-18(25)19(26)20(27)21(29-17)28-13-7-8-14(16(24)10-13)15(23)9-6-12-4-2-1-3-5-12/h1-10,17-22,24-27H,11H2/t17-,18-,19+,20-,21?/m1/s1. The summed E-state index contributed by atoms with van der Waals surface area (Å²) in [7, 11) is 0. The summed E-state index contributed by atoms with van der Waals surface area (Å²) in [5.41, 5.74) is 0.890. The predicted octanol–water partition coefficient (Wildman–Crippen LogP) is 0.467. The van der Waals surface area contributed by atoms with E-state index >= 15 is 0 Å². The van der Waals surface area contributed by atoms with Crippen LogP contribution >= 0.6 is 0 Å². The number of aliphatic hydroxyl groups excluding tert-OH is 4. The largest absolute Gasteiger partial charge is 0.507 e. The number of rotatable bonds is 6. The lowest BCUT2D eigenvalue weighted by Crippen LogP contribution is -2.60. The molecule has 1 aliphatic heterocycles. The van der Waals surface area contributed by atoms with Gasteiger partial charge >= 0.3 is 0 Å². The number of ketones is 1. The summed E-state index contributed by atoms with van der Waals surface area (Å²) >= 11 is 0. The van der Waals surface area contributed by atoms with E-state index in [1.165, 1.54) is 24.3 Å². The maximum atomic E-state index is 12.3. The van der Waals surface area contributed by atoms with Gasteiger partial charge in [-0.2, -0.15) is 0 Å². The molecule has 0 spiro atoms. The topological polar surface area (TPSA) is 137 Å². The van der Waals surface area contributed by atoms with Crippen molar-refractivity contribution in [3.05, 3.63) is 65.7 Å². The van der Waals surface area contributed by atoms with Gasteiger partial charge in [-0.15, -0.1) is 0 Å². The summed E-state index contributed by atoms with van der Waals surface area (Å²) in [5.74, 6) is -0.684. The monoisotopic (exact) mass is 402 g/mol. The van der Waals surface area contributed by atoms with E-state index in [1.54, 1.807) is 6.08 Å². The van der Waals surface area contributed by atoms with Gasteiger partial charge in [-0.05, 0) is 23.8 Å². The van der Waals surface area contributed by atoms with Crippen molar-refractivity contribution in [2.45, 2.75) is 30.7 Å². The van der Waals surface area contributed by atoms with Crippen LogP contribution in [0.2, 0.25) is 0 Å². The van der Waals surface area contributed by atoms with Crippen molar-refractivity contribution in [3.63, 3.8) is 0 Å². The summed E-state index contributed by atoms with van der Waals surface area (Å²) in [6.45, 7) is -0.586. The van der Waals surface area contributed by atoms with E-state index in [-0.39, 0.29) is 17.1 Å². The second kappa shape index (κ2) is 9.17. The van der Waals surface area contributed by atoms with E-state index in [0.29, 0.717) is 0 Å². The molecule has 1 aliphatic rings. The van der Waals surface area contributed by atoms with Crippen LogP contribution in [0.1, 0.15) is 15.9 Å². The average Bonchev–Trinajstić information content (AvgIpc) is 2.73. The summed E-state index contributed by atoms with van der Waals surface area (Å²) in [5, 5.41) is 49.0. The van der Waals surface area contributed by atoms with Crippen LogP contribution in [0.5, 0.6) is 11.5 Å². The molecule has 8 nitrogen and oxygen atoms in total. The molecule has 1 unspecified atom stereocenters. The molecular weight excluding hydrogens is 380 g/mol. The quantitative estimate of drug-likeness (QED) is 0.347. The fraction of sp³-hybridized carbons (Fsp3) is 0.286. The van der Waals surface area contributed by atoms with Crippen LogP contribution < -0.4 is 4.74 Å². The Morgan fingerprint density at radius 1 is 1.03 bits per heavy atom. The van der Waals surface area contributed by atoms with E-state index in [0.717, 1.165) is 5.56 Å². The summed E-state index contributed by atoms with van der Waals surface area (Å²) in [6.07, 6.45) is -4.20. The zero-order chi connectivity index (χ0) is 21.0. The molecule has 5 N–H and O–H groups in total. The van der Waals surface area contributed by atoms with Gasteiger partial charge in [-0.3, -0.25) is 4.79 Å². The summed E-state index contributed by atoms with van der Waals surface area (Å²) in [4.78, 5) is 12.3.